The summed E-state index contributed by atoms with van der Waals surface area (Å²) in [5.41, 5.74) is 3.95. The number of nitrogens with zero attached hydrogens (tertiary/aromatic N) is 1. The molecule has 0 aliphatic carbocycles. The maximum atomic E-state index is 12.7. The number of H-pyrrole nitrogens is 1. The number of hydrogen-bond donors (Lipinski definition) is 2. The molecule has 3 rings (SSSR count). The summed E-state index contributed by atoms with van der Waals surface area (Å²) in [6.07, 6.45) is 1.75. The quantitative estimate of drug-likeness (QED) is 0.714. The Morgan fingerprint density at radius 1 is 1.19 bits per heavy atom. The average Bonchev–Trinajstić information content (AvgIpc) is 3.06. The third-order valence-electron chi connectivity index (χ3n) is 4.67. The third kappa shape index (κ3) is 3.73. The topological polar surface area (TPSA) is 57.4 Å². The average molecular weight is 351 g/mol. The van der Waals surface area contributed by atoms with Crippen LogP contribution in [0.5, 0.6) is 5.75 Å². The predicted octanol–water partition coefficient (Wildman–Crippen LogP) is 3.52. The molecule has 5 heteroatoms. The van der Waals surface area contributed by atoms with Crippen molar-refractivity contribution in [1.29, 1.82) is 0 Å². The van der Waals surface area contributed by atoms with E-state index in [0.717, 1.165) is 16.7 Å². The zero-order valence-electron chi connectivity index (χ0n) is 15.7. The van der Waals surface area contributed by atoms with E-state index in [1.54, 1.807) is 13.3 Å². The lowest BCUT2D eigenvalue weighted by molar-refractivity contribution is 0.0943. The number of carbonyl (C=O) groups excluding carboxylic acids is 1. The molecule has 1 atom stereocenters. The van der Waals surface area contributed by atoms with Crippen LogP contribution in [0.3, 0.4) is 0 Å². The number of ether oxygens (including phenoxy) is 1. The van der Waals surface area contributed by atoms with Crippen LogP contribution in [0, 0.1) is 6.92 Å². The van der Waals surface area contributed by atoms with Crippen molar-refractivity contribution in [3.05, 3.63) is 65.4 Å². The summed E-state index contributed by atoms with van der Waals surface area (Å²) in [6.45, 7) is 2.60. The van der Waals surface area contributed by atoms with E-state index in [1.165, 1.54) is 11.1 Å². The summed E-state index contributed by atoms with van der Waals surface area (Å²) in [5.74, 6) is 0.639. The normalized spacial score (nSPS) is 12.3. The van der Waals surface area contributed by atoms with Crippen molar-refractivity contribution >= 4 is 16.8 Å². The Morgan fingerprint density at radius 2 is 1.92 bits per heavy atom. The Hall–Kier alpha value is -2.79. The second-order valence-electron chi connectivity index (χ2n) is 6.71. The zero-order valence-corrected chi connectivity index (χ0v) is 15.7. The van der Waals surface area contributed by atoms with Crippen molar-refractivity contribution in [1.82, 2.24) is 15.2 Å². The Balaban J connectivity index is 1.77. The first-order valence-electron chi connectivity index (χ1n) is 8.66. The van der Waals surface area contributed by atoms with Crippen molar-refractivity contribution < 1.29 is 9.53 Å². The van der Waals surface area contributed by atoms with Crippen LogP contribution in [0.2, 0.25) is 0 Å². The van der Waals surface area contributed by atoms with Gasteiger partial charge in [0.25, 0.3) is 5.91 Å². The van der Waals surface area contributed by atoms with Crippen molar-refractivity contribution in [2.45, 2.75) is 13.0 Å². The van der Waals surface area contributed by atoms with Gasteiger partial charge in [-0.25, -0.2) is 0 Å². The molecule has 26 heavy (non-hydrogen) atoms. The minimum Gasteiger partial charge on any atom is -0.497 e. The van der Waals surface area contributed by atoms with Crippen LogP contribution in [-0.4, -0.2) is 43.5 Å². The molecule has 1 aromatic heterocycles. The summed E-state index contributed by atoms with van der Waals surface area (Å²) in [7, 11) is 5.66. The summed E-state index contributed by atoms with van der Waals surface area (Å²) in [4.78, 5) is 18.0. The van der Waals surface area contributed by atoms with Crippen LogP contribution in [0.1, 0.15) is 27.5 Å². The maximum Gasteiger partial charge on any atom is 0.253 e. The number of nitrogens with one attached hydrogen (secondary N) is 2. The number of carbonyl (C=O) groups is 1. The minimum absolute atomic E-state index is 0.0940. The number of hydrogen-bond acceptors (Lipinski definition) is 3. The van der Waals surface area contributed by atoms with Crippen LogP contribution in [-0.2, 0) is 0 Å². The van der Waals surface area contributed by atoms with E-state index in [1.807, 2.05) is 32.3 Å². The molecule has 0 saturated heterocycles. The molecule has 0 aliphatic rings. The molecule has 0 radical (unpaired) electrons. The van der Waals surface area contributed by atoms with Gasteiger partial charge in [0.15, 0.2) is 0 Å². The van der Waals surface area contributed by atoms with E-state index in [4.69, 9.17) is 4.74 Å². The standard InChI is InChI=1S/C21H25N3O2/c1-14-5-7-15(8-6-14)20(24(2)3)13-23-21(25)18-12-22-19-10-9-16(26-4)11-17(18)19/h5-12,20,22H,13H2,1-4H3,(H,23,25). The van der Waals surface area contributed by atoms with Crippen molar-refractivity contribution in [2.75, 3.05) is 27.7 Å². The van der Waals surface area contributed by atoms with Crippen LogP contribution >= 0.6 is 0 Å². The van der Waals surface area contributed by atoms with Gasteiger partial charge in [-0.05, 0) is 44.8 Å². The second kappa shape index (κ2) is 7.62. The van der Waals surface area contributed by atoms with E-state index in [9.17, 15) is 4.79 Å². The first-order valence-corrected chi connectivity index (χ1v) is 8.66. The van der Waals surface area contributed by atoms with Gasteiger partial charge >= 0.3 is 0 Å². The number of amides is 1. The zero-order chi connectivity index (χ0) is 18.7. The SMILES string of the molecule is COc1ccc2[nH]cc(C(=O)NCC(c3ccc(C)cc3)N(C)C)c2c1. The van der Waals surface area contributed by atoms with E-state index in [0.29, 0.717) is 12.1 Å². The Kier molecular flexibility index (Phi) is 5.28. The predicted molar refractivity (Wildman–Crippen MR) is 105 cm³/mol. The number of benzene rings is 2. The van der Waals surface area contributed by atoms with Gasteiger partial charge in [0.1, 0.15) is 5.75 Å². The van der Waals surface area contributed by atoms with Crippen LogP contribution in [0.4, 0.5) is 0 Å². The molecular weight excluding hydrogens is 326 g/mol. The molecule has 0 aliphatic heterocycles. The first-order chi connectivity index (χ1) is 12.5. The molecule has 3 aromatic rings. The number of methoxy groups -OCH3 is 1. The van der Waals surface area contributed by atoms with Crippen molar-refractivity contribution in [3.8, 4) is 5.75 Å². The largest absolute Gasteiger partial charge is 0.497 e. The highest BCUT2D eigenvalue weighted by molar-refractivity contribution is 6.07. The van der Waals surface area contributed by atoms with Crippen LogP contribution in [0.25, 0.3) is 10.9 Å². The van der Waals surface area contributed by atoms with E-state index in [2.05, 4.69) is 46.4 Å². The number of rotatable bonds is 6. The molecule has 2 N–H and O–H groups in total. The van der Waals surface area contributed by atoms with Gasteiger partial charge in [-0.3, -0.25) is 4.79 Å². The third-order valence-corrected chi connectivity index (χ3v) is 4.67. The van der Waals surface area contributed by atoms with E-state index in [-0.39, 0.29) is 11.9 Å². The van der Waals surface area contributed by atoms with Gasteiger partial charge in [-0.1, -0.05) is 29.8 Å². The number of fused-ring (bicyclic) bond motifs is 1. The lowest BCUT2D eigenvalue weighted by Crippen LogP contribution is -2.34. The van der Waals surface area contributed by atoms with Gasteiger partial charge < -0.3 is 19.9 Å². The smallest absolute Gasteiger partial charge is 0.253 e. The fraction of sp³-hybridized carbons (Fsp3) is 0.286. The first kappa shape index (κ1) is 18.0. The monoisotopic (exact) mass is 351 g/mol. The van der Waals surface area contributed by atoms with Gasteiger partial charge in [-0.2, -0.15) is 0 Å². The molecule has 0 spiro atoms. The molecule has 2 aromatic carbocycles. The summed E-state index contributed by atoms with van der Waals surface area (Å²) < 4.78 is 5.27. The number of aromatic nitrogens is 1. The molecule has 1 unspecified atom stereocenters. The molecule has 136 valence electrons. The highest BCUT2D eigenvalue weighted by atomic mass is 16.5. The molecule has 5 nitrogen and oxygen atoms in total. The lowest BCUT2D eigenvalue weighted by atomic mass is 10.0. The van der Waals surface area contributed by atoms with E-state index < -0.39 is 0 Å². The molecule has 1 amide bonds. The molecule has 0 fully saturated rings. The van der Waals surface area contributed by atoms with Gasteiger partial charge in [-0.15, -0.1) is 0 Å². The fourth-order valence-corrected chi connectivity index (χ4v) is 3.09. The maximum absolute atomic E-state index is 12.7. The molecule has 0 saturated carbocycles. The highest BCUT2D eigenvalue weighted by Gasteiger charge is 2.18. The molecule has 1 heterocycles. The Morgan fingerprint density at radius 3 is 2.58 bits per heavy atom. The highest BCUT2D eigenvalue weighted by Crippen LogP contribution is 2.24. The molecule has 0 bridgehead atoms. The molecular formula is C21H25N3O2. The Bertz CT molecular complexity index is 897. The second-order valence-corrected chi connectivity index (χ2v) is 6.71. The summed E-state index contributed by atoms with van der Waals surface area (Å²) in [6, 6.07) is 14.2. The van der Waals surface area contributed by atoms with Gasteiger partial charge in [0.2, 0.25) is 0 Å². The number of aryl methyl sites for hydroxylation is 1. The fourth-order valence-electron chi connectivity index (χ4n) is 3.09. The van der Waals surface area contributed by atoms with Crippen LogP contribution < -0.4 is 10.1 Å². The Labute approximate surface area is 154 Å². The van der Waals surface area contributed by atoms with Crippen molar-refractivity contribution in [2.24, 2.45) is 0 Å². The lowest BCUT2D eigenvalue weighted by Gasteiger charge is -2.25. The summed E-state index contributed by atoms with van der Waals surface area (Å²) >= 11 is 0. The van der Waals surface area contributed by atoms with E-state index >= 15 is 0 Å². The minimum atomic E-state index is -0.0940. The number of aromatic amines is 1. The van der Waals surface area contributed by atoms with Crippen LogP contribution in [0.15, 0.2) is 48.7 Å². The summed E-state index contributed by atoms with van der Waals surface area (Å²) in [5, 5.41) is 3.93. The van der Waals surface area contributed by atoms with Gasteiger partial charge in [0.05, 0.1) is 18.7 Å². The number of likely N-dealkylation sites (N-methyl/N-ethyl adjacent to an activating group) is 1. The van der Waals surface area contributed by atoms with Gasteiger partial charge in [0, 0.05) is 23.6 Å². The van der Waals surface area contributed by atoms with Crippen molar-refractivity contribution in [3.63, 3.8) is 0 Å².